The molecule has 7 heteroatoms. The van der Waals surface area contributed by atoms with Gasteiger partial charge in [0.2, 0.25) is 0 Å². The number of hydrogen-bond donors (Lipinski definition) is 1. The topological polar surface area (TPSA) is 77.2 Å². The maximum Gasteiger partial charge on any atom is 0.278 e. The Bertz CT molecular complexity index is 1010. The number of amides is 1. The predicted octanol–water partition coefficient (Wildman–Crippen LogP) is 4.52. The van der Waals surface area contributed by atoms with E-state index in [-0.39, 0.29) is 5.91 Å². The normalized spacial score (nSPS) is 10.5. The van der Waals surface area contributed by atoms with Crippen LogP contribution in [0.4, 0.5) is 0 Å². The molecule has 1 N–H and O–H groups in total. The number of carbonyl (C=O) groups excluding carboxylic acids is 1. The molecule has 1 amide bonds. The molecule has 0 atom stereocenters. The maximum atomic E-state index is 12.4. The highest BCUT2D eigenvalue weighted by molar-refractivity contribution is 7.11. The molecule has 0 aliphatic carbocycles. The van der Waals surface area contributed by atoms with Crippen molar-refractivity contribution in [1.82, 2.24) is 15.3 Å². The number of pyridine rings is 1. The first-order valence-electron chi connectivity index (χ1n) is 8.23. The van der Waals surface area contributed by atoms with E-state index in [2.05, 4.69) is 15.3 Å². The van der Waals surface area contributed by atoms with Crippen LogP contribution in [0.2, 0.25) is 0 Å². The molecule has 0 bridgehead atoms. The summed E-state index contributed by atoms with van der Waals surface area (Å²) < 4.78 is 11.0. The molecular formula is C20H15N3O3S. The van der Waals surface area contributed by atoms with Crippen LogP contribution in [0.1, 0.15) is 15.9 Å². The van der Waals surface area contributed by atoms with E-state index in [9.17, 15) is 4.79 Å². The van der Waals surface area contributed by atoms with Gasteiger partial charge in [-0.2, -0.15) is 0 Å². The molecule has 3 aromatic heterocycles. The smallest absolute Gasteiger partial charge is 0.278 e. The van der Waals surface area contributed by atoms with Crippen LogP contribution in [0.25, 0.3) is 11.5 Å². The van der Waals surface area contributed by atoms with Gasteiger partial charge in [-0.3, -0.25) is 9.78 Å². The van der Waals surface area contributed by atoms with Crippen molar-refractivity contribution in [3.05, 3.63) is 83.7 Å². The van der Waals surface area contributed by atoms with E-state index < -0.39 is 0 Å². The fourth-order valence-electron chi connectivity index (χ4n) is 2.53. The highest BCUT2D eigenvalue weighted by atomic mass is 32.1. The number of nitrogens with zero attached hydrogens (tertiary/aromatic N) is 2. The first-order valence-corrected chi connectivity index (χ1v) is 9.11. The quantitative estimate of drug-likeness (QED) is 0.534. The third-order valence-electron chi connectivity index (χ3n) is 3.82. The number of hydrogen-bond acceptors (Lipinski definition) is 6. The zero-order valence-electron chi connectivity index (χ0n) is 14.2. The third kappa shape index (κ3) is 4.04. The molecule has 4 aromatic rings. The monoisotopic (exact) mass is 377 g/mol. The van der Waals surface area contributed by atoms with Crippen LogP contribution in [-0.2, 0) is 6.54 Å². The van der Waals surface area contributed by atoms with Crippen LogP contribution in [0, 0.1) is 0 Å². The van der Waals surface area contributed by atoms with E-state index in [0.29, 0.717) is 28.8 Å². The number of carbonyl (C=O) groups is 1. The molecule has 0 spiro atoms. The van der Waals surface area contributed by atoms with Gasteiger partial charge in [-0.05, 0) is 42.5 Å². The summed E-state index contributed by atoms with van der Waals surface area (Å²) in [5.41, 5.74) is 2.14. The first-order chi connectivity index (χ1) is 13.3. The first kappa shape index (κ1) is 17.0. The van der Waals surface area contributed by atoms with Crippen LogP contribution in [0.3, 0.4) is 0 Å². The van der Waals surface area contributed by atoms with Crippen molar-refractivity contribution in [2.45, 2.75) is 6.54 Å². The number of aromatic nitrogens is 2. The minimum absolute atomic E-state index is 0.176. The lowest BCUT2D eigenvalue weighted by Gasteiger charge is -2.09. The molecule has 0 fully saturated rings. The zero-order valence-corrected chi connectivity index (χ0v) is 15.0. The summed E-state index contributed by atoms with van der Waals surface area (Å²) in [6.07, 6.45) is 4.98. The Balaban J connectivity index is 1.41. The van der Waals surface area contributed by atoms with E-state index in [4.69, 9.17) is 9.15 Å². The van der Waals surface area contributed by atoms with Crippen molar-refractivity contribution in [3.8, 4) is 22.4 Å². The van der Waals surface area contributed by atoms with Crippen molar-refractivity contribution >= 4 is 17.2 Å². The van der Waals surface area contributed by atoms with Crippen LogP contribution in [0.15, 0.2) is 77.0 Å². The minimum Gasteiger partial charge on any atom is -0.463 e. The number of nitrogens with one attached hydrogen (secondary N) is 1. The minimum atomic E-state index is -0.176. The summed E-state index contributed by atoms with van der Waals surface area (Å²) in [4.78, 5) is 20.9. The summed E-state index contributed by atoms with van der Waals surface area (Å²) >= 11 is 1.41. The largest absolute Gasteiger partial charge is 0.463 e. The third-order valence-corrected chi connectivity index (χ3v) is 4.46. The molecule has 1 aromatic carbocycles. The fourth-order valence-corrected chi connectivity index (χ4v) is 3.03. The van der Waals surface area contributed by atoms with E-state index >= 15 is 0 Å². The number of furan rings is 1. The Morgan fingerprint density at radius 1 is 1.07 bits per heavy atom. The molecule has 0 aliphatic heterocycles. The van der Waals surface area contributed by atoms with Crippen molar-refractivity contribution in [1.29, 1.82) is 0 Å². The molecule has 0 saturated heterocycles. The van der Waals surface area contributed by atoms with Crippen LogP contribution >= 0.6 is 11.3 Å². The lowest BCUT2D eigenvalue weighted by Crippen LogP contribution is -2.23. The van der Waals surface area contributed by atoms with Crippen molar-refractivity contribution in [2.24, 2.45) is 0 Å². The molecule has 0 saturated carbocycles. The second kappa shape index (κ2) is 7.84. The molecule has 27 heavy (non-hydrogen) atoms. The van der Waals surface area contributed by atoms with Gasteiger partial charge >= 0.3 is 0 Å². The van der Waals surface area contributed by atoms with Crippen molar-refractivity contribution in [2.75, 3.05) is 0 Å². The van der Waals surface area contributed by atoms with Crippen LogP contribution < -0.4 is 10.1 Å². The highest BCUT2D eigenvalue weighted by Crippen LogP contribution is 2.24. The average Bonchev–Trinajstić information content (AvgIpc) is 3.41. The Kier molecular flexibility index (Phi) is 4.93. The summed E-state index contributed by atoms with van der Waals surface area (Å²) in [6.45, 7) is 0.347. The predicted molar refractivity (Wildman–Crippen MR) is 102 cm³/mol. The lowest BCUT2D eigenvalue weighted by atomic mass is 10.1. The number of benzene rings is 1. The van der Waals surface area contributed by atoms with Crippen molar-refractivity contribution in [3.63, 3.8) is 0 Å². The Hall–Kier alpha value is -3.45. The SMILES string of the molecule is O=C(NCc1cccnc1-c1ccco1)c1ccc(Oc2nccs2)cc1. The molecule has 6 nitrogen and oxygen atoms in total. The summed E-state index contributed by atoms with van der Waals surface area (Å²) in [5.74, 6) is 1.13. The van der Waals surface area contributed by atoms with Crippen LogP contribution in [0.5, 0.6) is 10.9 Å². The second-order valence-corrected chi connectivity index (χ2v) is 6.45. The Morgan fingerprint density at radius 3 is 2.70 bits per heavy atom. The van der Waals surface area contributed by atoms with Gasteiger partial charge in [0.05, 0.1) is 6.26 Å². The summed E-state index contributed by atoms with van der Waals surface area (Å²) in [7, 11) is 0. The van der Waals surface area contributed by atoms with Gasteiger partial charge in [-0.25, -0.2) is 4.98 Å². The number of ether oxygens (including phenoxy) is 1. The molecule has 3 heterocycles. The summed E-state index contributed by atoms with van der Waals surface area (Å²) in [6, 6.07) is 14.3. The zero-order chi connectivity index (χ0) is 18.5. The fraction of sp³-hybridized carbons (Fsp3) is 0.0500. The van der Waals surface area contributed by atoms with Gasteiger partial charge in [0.1, 0.15) is 11.4 Å². The maximum absolute atomic E-state index is 12.4. The molecule has 0 aliphatic rings. The van der Waals surface area contributed by atoms with Gasteiger partial charge in [-0.1, -0.05) is 17.4 Å². The van der Waals surface area contributed by atoms with Gasteiger partial charge in [0.25, 0.3) is 11.1 Å². The van der Waals surface area contributed by atoms with E-state index in [1.807, 2.05) is 29.6 Å². The van der Waals surface area contributed by atoms with Gasteiger partial charge in [0.15, 0.2) is 5.76 Å². The van der Waals surface area contributed by atoms with E-state index in [1.165, 1.54) is 11.3 Å². The molecule has 134 valence electrons. The molecular weight excluding hydrogens is 362 g/mol. The Labute approximate surface area is 159 Å². The van der Waals surface area contributed by atoms with Gasteiger partial charge < -0.3 is 14.5 Å². The van der Waals surface area contributed by atoms with E-state index in [0.717, 1.165) is 11.3 Å². The van der Waals surface area contributed by atoms with E-state index in [1.54, 1.807) is 42.9 Å². The second-order valence-electron chi connectivity index (χ2n) is 5.60. The van der Waals surface area contributed by atoms with Crippen LogP contribution in [-0.4, -0.2) is 15.9 Å². The molecule has 0 unspecified atom stereocenters. The lowest BCUT2D eigenvalue weighted by molar-refractivity contribution is 0.0951. The summed E-state index contributed by atoms with van der Waals surface area (Å²) in [5, 5.41) is 5.31. The highest BCUT2D eigenvalue weighted by Gasteiger charge is 2.11. The average molecular weight is 377 g/mol. The Morgan fingerprint density at radius 2 is 1.96 bits per heavy atom. The molecule has 0 radical (unpaired) electrons. The number of rotatable bonds is 6. The molecule has 4 rings (SSSR count). The standard InChI is InChI=1S/C20H15N3O3S/c24-19(14-5-7-16(8-6-14)26-20-22-10-12-27-20)23-13-15-3-1-9-21-18(15)17-4-2-11-25-17/h1-12H,13H2,(H,23,24). The van der Waals surface area contributed by atoms with Gasteiger partial charge in [-0.15, -0.1) is 0 Å². The van der Waals surface area contributed by atoms with Gasteiger partial charge in [0, 0.05) is 35.4 Å². The number of thiazole rings is 1. The van der Waals surface area contributed by atoms with Crippen molar-refractivity contribution < 1.29 is 13.9 Å².